The summed E-state index contributed by atoms with van der Waals surface area (Å²) in [5.74, 6) is 3.39. The molecule has 0 aromatic rings. The molecule has 1 heteroatoms. The molecule has 4 aliphatic carbocycles. The first-order chi connectivity index (χ1) is 9.55. The Morgan fingerprint density at radius 3 is 2.50 bits per heavy atom. The van der Waals surface area contributed by atoms with Gasteiger partial charge in [-0.05, 0) is 85.9 Å². The fourth-order valence-corrected chi connectivity index (χ4v) is 7.32. The summed E-state index contributed by atoms with van der Waals surface area (Å²) in [6.07, 6.45) is 14.0. The molecule has 1 N–H and O–H groups in total. The van der Waals surface area contributed by atoms with Crippen LogP contribution in [0.25, 0.3) is 0 Å². The van der Waals surface area contributed by atoms with E-state index in [-0.39, 0.29) is 6.10 Å². The van der Waals surface area contributed by atoms with Crippen molar-refractivity contribution in [1.82, 2.24) is 0 Å². The van der Waals surface area contributed by atoms with Crippen molar-refractivity contribution >= 4 is 0 Å². The lowest BCUT2D eigenvalue weighted by Crippen LogP contribution is -2.53. The second-order valence-electron chi connectivity index (χ2n) is 9.12. The van der Waals surface area contributed by atoms with Gasteiger partial charge in [0.05, 0.1) is 6.10 Å². The smallest absolute Gasteiger partial charge is 0.0576 e. The lowest BCUT2D eigenvalue weighted by atomic mass is 9.45. The first-order valence-electron chi connectivity index (χ1n) is 9.23. The summed E-state index contributed by atoms with van der Waals surface area (Å²) in [7, 11) is 0. The lowest BCUT2D eigenvalue weighted by molar-refractivity contribution is -0.122. The molecule has 2 unspecified atom stereocenters. The van der Waals surface area contributed by atoms with Crippen LogP contribution in [0.3, 0.4) is 0 Å². The summed E-state index contributed by atoms with van der Waals surface area (Å²) >= 11 is 0. The third-order valence-electron chi connectivity index (χ3n) is 8.38. The Balaban J connectivity index is 1.66. The SMILES string of the molecule is C[C@@]12CCC(O)[C@H]1[C@@H]1CCC3CCCC[C@]3(C)[C@@H]1CC2. The fourth-order valence-electron chi connectivity index (χ4n) is 7.32. The molecule has 4 aliphatic rings. The van der Waals surface area contributed by atoms with Crippen molar-refractivity contribution in [2.75, 3.05) is 0 Å². The molecule has 4 fully saturated rings. The number of hydrogen-bond donors (Lipinski definition) is 1. The second kappa shape index (κ2) is 4.48. The molecule has 0 saturated heterocycles. The van der Waals surface area contributed by atoms with Crippen molar-refractivity contribution in [2.45, 2.75) is 84.2 Å². The van der Waals surface area contributed by atoms with Crippen LogP contribution >= 0.6 is 0 Å². The van der Waals surface area contributed by atoms with E-state index < -0.39 is 0 Å². The minimum atomic E-state index is 0.0107. The van der Waals surface area contributed by atoms with E-state index >= 15 is 0 Å². The Kier molecular flexibility index (Phi) is 3.05. The van der Waals surface area contributed by atoms with E-state index in [1.165, 1.54) is 57.8 Å². The van der Waals surface area contributed by atoms with E-state index in [0.717, 1.165) is 24.2 Å². The standard InChI is InChI=1S/C19H32O/c1-18-11-8-15-14(17(18)16(20)9-12-18)7-6-13-5-3-4-10-19(13,15)2/h13-17,20H,3-12H2,1-2H3/t13?,14-,15-,16?,17-,18-,19+/m1/s1. The van der Waals surface area contributed by atoms with Crippen LogP contribution in [0.15, 0.2) is 0 Å². The maximum atomic E-state index is 10.6. The average Bonchev–Trinajstić information content (AvgIpc) is 2.74. The molecule has 20 heavy (non-hydrogen) atoms. The number of fused-ring (bicyclic) bond motifs is 5. The van der Waals surface area contributed by atoms with Crippen molar-refractivity contribution in [2.24, 2.45) is 34.5 Å². The van der Waals surface area contributed by atoms with E-state index in [9.17, 15) is 5.11 Å². The number of rotatable bonds is 0. The predicted octanol–water partition coefficient (Wildman–Crippen LogP) is 4.78. The number of hydrogen-bond acceptors (Lipinski definition) is 1. The van der Waals surface area contributed by atoms with Gasteiger partial charge < -0.3 is 5.11 Å². The molecule has 0 aromatic heterocycles. The summed E-state index contributed by atoms with van der Waals surface area (Å²) in [4.78, 5) is 0. The van der Waals surface area contributed by atoms with Crippen molar-refractivity contribution in [1.29, 1.82) is 0 Å². The van der Waals surface area contributed by atoms with Gasteiger partial charge in [-0.3, -0.25) is 0 Å². The van der Waals surface area contributed by atoms with Crippen LogP contribution < -0.4 is 0 Å². The molecule has 0 radical (unpaired) electrons. The Morgan fingerprint density at radius 1 is 0.850 bits per heavy atom. The Morgan fingerprint density at radius 2 is 1.65 bits per heavy atom. The zero-order chi connectivity index (χ0) is 14.0. The van der Waals surface area contributed by atoms with Crippen molar-refractivity contribution in [3.63, 3.8) is 0 Å². The van der Waals surface area contributed by atoms with E-state index in [1.54, 1.807) is 0 Å². The molecular formula is C19H32O. The monoisotopic (exact) mass is 276 g/mol. The maximum Gasteiger partial charge on any atom is 0.0576 e. The van der Waals surface area contributed by atoms with Gasteiger partial charge in [0.25, 0.3) is 0 Å². The Labute approximate surface area is 124 Å². The summed E-state index contributed by atoms with van der Waals surface area (Å²) in [6, 6.07) is 0. The Bertz CT molecular complexity index is 391. The van der Waals surface area contributed by atoms with Gasteiger partial charge in [-0.15, -0.1) is 0 Å². The molecule has 1 nitrogen and oxygen atoms in total. The third-order valence-corrected chi connectivity index (χ3v) is 8.38. The normalized spacial score (nSPS) is 58.6. The highest BCUT2D eigenvalue weighted by Gasteiger charge is 2.59. The topological polar surface area (TPSA) is 20.2 Å². The van der Waals surface area contributed by atoms with Crippen LogP contribution in [0.1, 0.15) is 78.1 Å². The van der Waals surface area contributed by atoms with Crippen LogP contribution in [-0.4, -0.2) is 11.2 Å². The molecule has 4 rings (SSSR count). The average molecular weight is 276 g/mol. The highest BCUT2D eigenvalue weighted by atomic mass is 16.3. The van der Waals surface area contributed by atoms with Crippen molar-refractivity contribution in [3.8, 4) is 0 Å². The number of aliphatic hydroxyl groups is 1. The predicted molar refractivity (Wildman–Crippen MR) is 82.4 cm³/mol. The van der Waals surface area contributed by atoms with E-state index in [1.807, 2.05) is 0 Å². The fraction of sp³-hybridized carbons (Fsp3) is 1.00. The molecule has 0 aliphatic heterocycles. The van der Waals surface area contributed by atoms with E-state index in [4.69, 9.17) is 0 Å². The summed E-state index contributed by atoms with van der Waals surface area (Å²) in [5, 5.41) is 10.6. The zero-order valence-electron chi connectivity index (χ0n) is 13.4. The van der Waals surface area contributed by atoms with Crippen LogP contribution in [0.4, 0.5) is 0 Å². The molecule has 0 amide bonds. The van der Waals surface area contributed by atoms with Crippen molar-refractivity contribution in [3.05, 3.63) is 0 Å². The first kappa shape index (κ1) is 13.6. The minimum absolute atomic E-state index is 0.0107. The second-order valence-corrected chi connectivity index (χ2v) is 9.12. The highest BCUT2D eigenvalue weighted by molar-refractivity contribution is 5.08. The van der Waals surface area contributed by atoms with Gasteiger partial charge in [0.1, 0.15) is 0 Å². The molecule has 0 bridgehead atoms. The van der Waals surface area contributed by atoms with Gasteiger partial charge in [0.2, 0.25) is 0 Å². The van der Waals surface area contributed by atoms with E-state index in [2.05, 4.69) is 13.8 Å². The zero-order valence-corrected chi connectivity index (χ0v) is 13.4. The molecule has 0 heterocycles. The summed E-state index contributed by atoms with van der Waals surface area (Å²) < 4.78 is 0. The molecule has 0 aromatic carbocycles. The van der Waals surface area contributed by atoms with Gasteiger partial charge in [-0.1, -0.05) is 26.7 Å². The molecule has 114 valence electrons. The largest absolute Gasteiger partial charge is 0.393 e. The summed E-state index contributed by atoms with van der Waals surface area (Å²) in [6.45, 7) is 5.11. The molecule has 4 saturated carbocycles. The molecule has 0 spiro atoms. The maximum absolute atomic E-state index is 10.6. The van der Waals surface area contributed by atoms with Crippen LogP contribution in [0.5, 0.6) is 0 Å². The first-order valence-corrected chi connectivity index (χ1v) is 9.23. The van der Waals surface area contributed by atoms with E-state index in [0.29, 0.717) is 16.7 Å². The summed E-state index contributed by atoms with van der Waals surface area (Å²) in [5.41, 5.74) is 1.09. The quantitative estimate of drug-likeness (QED) is 0.675. The van der Waals surface area contributed by atoms with Gasteiger partial charge in [0.15, 0.2) is 0 Å². The Hall–Kier alpha value is -0.0400. The minimum Gasteiger partial charge on any atom is -0.393 e. The van der Waals surface area contributed by atoms with Gasteiger partial charge in [-0.2, -0.15) is 0 Å². The van der Waals surface area contributed by atoms with Crippen LogP contribution in [0, 0.1) is 34.5 Å². The van der Waals surface area contributed by atoms with Crippen LogP contribution in [-0.2, 0) is 0 Å². The number of aliphatic hydroxyl groups excluding tert-OH is 1. The molecule has 7 atom stereocenters. The van der Waals surface area contributed by atoms with Gasteiger partial charge in [0, 0.05) is 0 Å². The van der Waals surface area contributed by atoms with Crippen LogP contribution in [0.2, 0.25) is 0 Å². The highest BCUT2D eigenvalue weighted by Crippen LogP contribution is 2.66. The van der Waals surface area contributed by atoms with Crippen molar-refractivity contribution < 1.29 is 5.11 Å². The van der Waals surface area contributed by atoms with Gasteiger partial charge in [-0.25, -0.2) is 0 Å². The lowest BCUT2D eigenvalue weighted by Gasteiger charge is -2.60. The van der Waals surface area contributed by atoms with Gasteiger partial charge >= 0.3 is 0 Å². The molecular weight excluding hydrogens is 244 g/mol. The third kappa shape index (κ3) is 1.71.